The van der Waals surface area contributed by atoms with Gasteiger partial charge in [-0.05, 0) is 29.8 Å². The van der Waals surface area contributed by atoms with Crippen LogP contribution >= 0.6 is 11.6 Å². The molecule has 7 heteroatoms. The van der Waals surface area contributed by atoms with E-state index >= 15 is 0 Å². The second-order valence-electron chi connectivity index (χ2n) is 5.58. The maximum absolute atomic E-state index is 13.5. The van der Waals surface area contributed by atoms with E-state index in [-0.39, 0.29) is 30.9 Å². The molecule has 0 atom stereocenters. The van der Waals surface area contributed by atoms with Crippen LogP contribution in [0.25, 0.3) is 0 Å². The molecule has 0 aliphatic heterocycles. The molecular formula is C19H18ClFN2O3. The Bertz CT molecular complexity index is 794. The molecule has 0 heterocycles. The van der Waals surface area contributed by atoms with Gasteiger partial charge in [-0.3, -0.25) is 14.4 Å². The van der Waals surface area contributed by atoms with E-state index in [0.29, 0.717) is 11.6 Å². The summed E-state index contributed by atoms with van der Waals surface area (Å²) in [6.45, 7) is 0.123. The van der Waals surface area contributed by atoms with Gasteiger partial charge in [0.15, 0.2) is 5.78 Å². The summed E-state index contributed by atoms with van der Waals surface area (Å²) in [5, 5.41) is 5.70. The second kappa shape index (κ2) is 9.68. The Morgan fingerprint density at radius 3 is 2.27 bits per heavy atom. The molecule has 2 aromatic carbocycles. The van der Waals surface area contributed by atoms with Crippen molar-refractivity contribution in [1.29, 1.82) is 0 Å². The van der Waals surface area contributed by atoms with Crippen LogP contribution in [0.1, 0.15) is 28.8 Å². The van der Waals surface area contributed by atoms with Crippen LogP contribution in [0, 0.1) is 5.82 Å². The van der Waals surface area contributed by atoms with Crippen molar-refractivity contribution in [2.75, 3.05) is 6.54 Å². The van der Waals surface area contributed by atoms with Crippen molar-refractivity contribution in [2.24, 2.45) is 0 Å². The van der Waals surface area contributed by atoms with Gasteiger partial charge in [0.1, 0.15) is 5.82 Å². The predicted octanol–water partition coefficient (Wildman–Crippen LogP) is 2.87. The number of nitrogens with one attached hydrogen (secondary N) is 2. The van der Waals surface area contributed by atoms with Crippen LogP contribution in [0.5, 0.6) is 0 Å². The zero-order valence-corrected chi connectivity index (χ0v) is 14.7. The van der Waals surface area contributed by atoms with E-state index in [2.05, 4.69) is 10.6 Å². The van der Waals surface area contributed by atoms with Gasteiger partial charge >= 0.3 is 0 Å². The summed E-state index contributed by atoms with van der Waals surface area (Å²) >= 11 is 5.78. The van der Waals surface area contributed by atoms with E-state index in [0.717, 1.165) is 5.56 Å². The first kappa shape index (κ1) is 19.6. The van der Waals surface area contributed by atoms with E-state index in [4.69, 9.17) is 11.6 Å². The van der Waals surface area contributed by atoms with E-state index in [9.17, 15) is 18.8 Å². The highest BCUT2D eigenvalue weighted by Gasteiger charge is 2.13. The molecular weight excluding hydrogens is 359 g/mol. The van der Waals surface area contributed by atoms with Crippen LogP contribution in [-0.4, -0.2) is 24.1 Å². The lowest BCUT2D eigenvalue weighted by molar-refractivity contribution is -0.126. The van der Waals surface area contributed by atoms with Crippen molar-refractivity contribution in [3.8, 4) is 0 Å². The van der Waals surface area contributed by atoms with Crippen LogP contribution < -0.4 is 10.6 Å². The highest BCUT2D eigenvalue weighted by Crippen LogP contribution is 2.10. The van der Waals surface area contributed by atoms with Crippen molar-refractivity contribution in [1.82, 2.24) is 10.6 Å². The number of benzene rings is 2. The number of Topliss-reactive ketones (excluding diaryl/α,β-unsaturated/α-hetero) is 1. The Kier molecular flexibility index (Phi) is 7.29. The number of amides is 2. The standard InChI is InChI=1S/C19H18ClFN2O3/c20-14-7-5-13(6-8-14)11-22-19(26)12-23-18(25)10-9-17(24)15-3-1-2-4-16(15)21/h1-8H,9-12H2,(H,22,26)(H,23,25). The summed E-state index contributed by atoms with van der Waals surface area (Å²) in [5.41, 5.74) is 0.838. The lowest BCUT2D eigenvalue weighted by Crippen LogP contribution is -2.36. The highest BCUT2D eigenvalue weighted by molar-refractivity contribution is 6.30. The van der Waals surface area contributed by atoms with Crippen LogP contribution in [0.3, 0.4) is 0 Å². The van der Waals surface area contributed by atoms with Crippen molar-refractivity contribution in [3.63, 3.8) is 0 Å². The molecule has 26 heavy (non-hydrogen) atoms. The van der Waals surface area contributed by atoms with E-state index in [1.807, 2.05) is 0 Å². The number of ketones is 1. The van der Waals surface area contributed by atoms with Gasteiger partial charge in [-0.2, -0.15) is 0 Å². The third kappa shape index (κ3) is 6.29. The summed E-state index contributed by atoms with van der Waals surface area (Å²) in [4.78, 5) is 35.3. The molecule has 136 valence electrons. The van der Waals surface area contributed by atoms with Gasteiger partial charge in [-0.15, -0.1) is 0 Å². The predicted molar refractivity (Wildman–Crippen MR) is 96.3 cm³/mol. The van der Waals surface area contributed by atoms with Crippen molar-refractivity contribution < 1.29 is 18.8 Å². The number of carbonyl (C=O) groups excluding carboxylic acids is 3. The molecule has 2 N–H and O–H groups in total. The van der Waals surface area contributed by atoms with E-state index in [1.54, 1.807) is 30.3 Å². The molecule has 0 aromatic heterocycles. The summed E-state index contributed by atoms with van der Waals surface area (Å²) in [6, 6.07) is 12.6. The average Bonchev–Trinajstić information content (AvgIpc) is 2.64. The zero-order chi connectivity index (χ0) is 18.9. The van der Waals surface area contributed by atoms with Gasteiger partial charge in [0.2, 0.25) is 11.8 Å². The molecule has 0 spiro atoms. The molecule has 2 aromatic rings. The molecule has 0 fully saturated rings. The molecule has 0 bridgehead atoms. The van der Waals surface area contributed by atoms with E-state index < -0.39 is 17.5 Å². The lowest BCUT2D eigenvalue weighted by Gasteiger charge is -2.07. The smallest absolute Gasteiger partial charge is 0.239 e. The number of rotatable bonds is 8. The fourth-order valence-electron chi connectivity index (χ4n) is 2.18. The Morgan fingerprint density at radius 2 is 1.58 bits per heavy atom. The van der Waals surface area contributed by atoms with Gasteiger partial charge in [0.25, 0.3) is 0 Å². The minimum atomic E-state index is -0.612. The third-order valence-electron chi connectivity index (χ3n) is 3.60. The van der Waals surface area contributed by atoms with Gasteiger partial charge in [-0.25, -0.2) is 4.39 Å². The zero-order valence-electron chi connectivity index (χ0n) is 13.9. The SMILES string of the molecule is O=C(CCC(=O)c1ccccc1F)NCC(=O)NCc1ccc(Cl)cc1. The van der Waals surface area contributed by atoms with Crippen molar-refractivity contribution in [3.05, 3.63) is 70.5 Å². The maximum atomic E-state index is 13.5. The minimum Gasteiger partial charge on any atom is -0.350 e. The van der Waals surface area contributed by atoms with Crippen LogP contribution in [0.4, 0.5) is 4.39 Å². The molecule has 5 nitrogen and oxygen atoms in total. The number of carbonyl (C=O) groups is 3. The van der Waals surface area contributed by atoms with Crippen molar-refractivity contribution >= 4 is 29.2 Å². The largest absolute Gasteiger partial charge is 0.350 e. The molecule has 0 saturated heterocycles. The average molecular weight is 377 g/mol. The van der Waals surface area contributed by atoms with Gasteiger partial charge in [0.05, 0.1) is 12.1 Å². The molecule has 2 amide bonds. The summed E-state index contributed by atoms with van der Waals surface area (Å²) in [7, 11) is 0. The van der Waals surface area contributed by atoms with Gasteiger partial charge in [0, 0.05) is 24.4 Å². The molecule has 0 aliphatic rings. The summed E-state index contributed by atoms with van der Waals surface area (Å²) < 4.78 is 13.5. The Hall–Kier alpha value is -2.73. The molecule has 0 unspecified atom stereocenters. The van der Waals surface area contributed by atoms with Crippen LogP contribution in [0.2, 0.25) is 5.02 Å². The second-order valence-corrected chi connectivity index (χ2v) is 6.02. The topological polar surface area (TPSA) is 75.3 Å². The number of halogens is 2. The normalized spacial score (nSPS) is 10.2. The first-order chi connectivity index (χ1) is 12.5. The van der Waals surface area contributed by atoms with Crippen molar-refractivity contribution in [2.45, 2.75) is 19.4 Å². The molecule has 2 rings (SSSR count). The van der Waals surface area contributed by atoms with Gasteiger partial charge in [-0.1, -0.05) is 35.9 Å². The lowest BCUT2D eigenvalue weighted by atomic mass is 10.1. The van der Waals surface area contributed by atoms with Crippen LogP contribution in [-0.2, 0) is 16.1 Å². The summed E-state index contributed by atoms with van der Waals surface area (Å²) in [6.07, 6.45) is -0.239. The first-order valence-corrected chi connectivity index (χ1v) is 8.39. The number of hydrogen-bond acceptors (Lipinski definition) is 3. The summed E-state index contributed by atoms with van der Waals surface area (Å²) in [5.74, 6) is -1.87. The monoisotopic (exact) mass is 376 g/mol. The maximum Gasteiger partial charge on any atom is 0.239 e. The third-order valence-corrected chi connectivity index (χ3v) is 3.85. The quantitative estimate of drug-likeness (QED) is 0.695. The minimum absolute atomic E-state index is 0.0407. The number of hydrogen-bond donors (Lipinski definition) is 2. The highest BCUT2D eigenvalue weighted by atomic mass is 35.5. The Labute approximate surface area is 155 Å². The van der Waals surface area contributed by atoms with E-state index in [1.165, 1.54) is 18.2 Å². The molecule has 0 saturated carbocycles. The Balaban J connectivity index is 1.68. The Morgan fingerprint density at radius 1 is 0.885 bits per heavy atom. The fraction of sp³-hybridized carbons (Fsp3) is 0.211. The van der Waals surface area contributed by atoms with Crippen LogP contribution in [0.15, 0.2) is 48.5 Å². The fourth-order valence-corrected chi connectivity index (χ4v) is 2.31. The molecule has 0 radical (unpaired) electrons. The first-order valence-electron chi connectivity index (χ1n) is 8.01. The van der Waals surface area contributed by atoms with Gasteiger partial charge < -0.3 is 10.6 Å². The molecule has 0 aliphatic carbocycles.